The van der Waals surface area contributed by atoms with Gasteiger partial charge in [0.15, 0.2) is 5.16 Å². The van der Waals surface area contributed by atoms with Crippen molar-refractivity contribution in [2.45, 2.75) is 24.8 Å². The Bertz CT molecular complexity index is 1850. The van der Waals surface area contributed by atoms with E-state index in [1.165, 1.54) is 23.1 Å². The van der Waals surface area contributed by atoms with Gasteiger partial charge in [-0.25, -0.2) is 9.55 Å². The molecule has 0 amide bonds. The molecule has 0 atom stereocenters. The number of thioether (sulfide) groups is 1. The van der Waals surface area contributed by atoms with Crippen molar-refractivity contribution in [1.82, 2.24) is 29.1 Å². The number of hydrogen-bond acceptors (Lipinski definition) is 7. The molecule has 0 fully saturated rings. The van der Waals surface area contributed by atoms with Crippen LogP contribution in [0.2, 0.25) is 0 Å². The first-order chi connectivity index (χ1) is 16.5. The predicted octanol–water partition coefficient (Wildman–Crippen LogP) is 4.24. The second-order valence-corrected chi connectivity index (χ2v) is 9.86. The number of benzene rings is 2. The lowest BCUT2D eigenvalue weighted by molar-refractivity contribution is 0.924. The van der Waals surface area contributed by atoms with Crippen LogP contribution in [0.3, 0.4) is 0 Å². The van der Waals surface area contributed by atoms with Gasteiger partial charge in [0.1, 0.15) is 10.5 Å². The van der Waals surface area contributed by atoms with E-state index in [1.807, 2.05) is 72.2 Å². The summed E-state index contributed by atoms with van der Waals surface area (Å²) >= 11 is 2.78. The van der Waals surface area contributed by atoms with E-state index in [-0.39, 0.29) is 11.1 Å². The zero-order valence-corrected chi connectivity index (χ0v) is 19.9. The topological polar surface area (TPSA) is 97.9 Å². The molecule has 0 radical (unpaired) electrons. The number of aromatic nitrogens is 6. The van der Waals surface area contributed by atoms with Crippen LogP contribution >= 0.6 is 23.1 Å². The molecule has 1 N–H and O–H groups in total. The van der Waals surface area contributed by atoms with Crippen molar-refractivity contribution >= 4 is 50.0 Å². The van der Waals surface area contributed by atoms with Gasteiger partial charge in [0, 0.05) is 0 Å². The fourth-order valence-electron chi connectivity index (χ4n) is 4.17. The molecule has 6 aromatic rings. The van der Waals surface area contributed by atoms with E-state index in [4.69, 9.17) is 0 Å². The summed E-state index contributed by atoms with van der Waals surface area (Å²) < 4.78 is 4.12. The molecule has 4 heterocycles. The van der Waals surface area contributed by atoms with Crippen LogP contribution in [0.4, 0.5) is 0 Å². The first kappa shape index (κ1) is 20.8. The quantitative estimate of drug-likeness (QED) is 0.374. The maximum atomic E-state index is 13.5. The Balaban J connectivity index is 1.53. The molecular weight excluding hydrogens is 468 g/mol. The summed E-state index contributed by atoms with van der Waals surface area (Å²) in [4.78, 5) is 33.3. The average molecular weight is 487 g/mol. The molecule has 0 aliphatic heterocycles. The average Bonchev–Trinajstić information content (AvgIpc) is 3.47. The van der Waals surface area contributed by atoms with E-state index < -0.39 is 0 Å². The van der Waals surface area contributed by atoms with E-state index in [9.17, 15) is 9.59 Å². The third-order valence-electron chi connectivity index (χ3n) is 5.69. The monoisotopic (exact) mass is 486 g/mol. The van der Waals surface area contributed by atoms with Crippen LogP contribution in [0.1, 0.15) is 17.0 Å². The lowest BCUT2D eigenvalue weighted by Gasteiger charge is -2.13. The molecule has 10 heteroatoms. The van der Waals surface area contributed by atoms with E-state index >= 15 is 0 Å². The van der Waals surface area contributed by atoms with E-state index in [0.29, 0.717) is 38.1 Å². The highest BCUT2D eigenvalue weighted by atomic mass is 32.2. The number of nitrogens with zero attached hydrogens (tertiary/aromatic N) is 5. The highest BCUT2D eigenvalue weighted by Gasteiger charge is 2.19. The van der Waals surface area contributed by atoms with Crippen molar-refractivity contribution in [3.8, 4) is 5.69 Å². The number of aryl methyl sites for hydroxylation is 2. The molecule has 0 saturated carbocycles. The van der Waals surface area contributed by atoms with Crippen LogP contribution in [0, 0.1) is 13.8 Å². The normalized spacial score (nSPS) is 11.7. The van der Waals surface area contributed by atoms with Gasteiger partial charge in [-0.15, -0.1) is 21.5 Å². The van der Waals surface area contributed by atoms with Crippen LogP contribution < -0.4 is 11.1 Å². The van der Waals surface area contributed by atoms with Gasteiger partial charge in [-0.2, -0.15) is 0 Å². The number of H-pyrrole nitrogens is 1. The smallest absolute Gasteiger partial charge is 0.268 e. The number of nitrogens with one attached hydrogen (secondary N) is 1. The molecule has 34 heavy (non-hydrogen) atoms. The van der Waals surface area contributed by atoms with Gasteiger partial charge in [-0.3, -0.25) is 14.0 Å². The molecule has 168 valence electrons. The Morgan fingerprint density at radius 2 is 1.91 bits per heavy atom. The van der Waals surface area contributed by atoms with Crippen LogP contribution in [-0.4, -0.2) is 29.1 Å². The summed E-state index contributed by atoms with van der Waals surface area (Å²) in [7, 11) is 0. The second kappa shape index (κ2) is 7.93. The lowest BCUT2D eigenvalue weighted by Crippen LogP contribution is -2.22. The fourth-order valence-corrected chi connectivity index (χ4v) is 5.70. The predicted molar refractivity (Wildman–Crippen MR) is 135 cm³/mol. The largest absolute Gasteiger partial charge is 0.309 e. The van der Waals surface area contributed by atoms with E-state index in [1.54, 1.807) is 4.57 Å². The number of thiophene rings is 1. The number of fused-ring (bicyclic) bond motifs is 4. The van der Waals surface area contributed by atoms with Crippen LogP contribution in [0.15, 0.2) is 68.7 Å². The van der Waals surface area contributed by atoms with Crippen molar-refractivity contribution in [2.75, 3.05) is 0 Å². The van der Waals surface area contributed by atoms with Crippen molar-refractivity contribution in [3.63, 3.8) is 0 Å². The van der Waals surface area contributed by atoms with Gasteiger partial charge in [0.2, 0.25) is 5.78 Å². The third kappa shape index (κ3) is 3.25. The first-order valence-corrected chi connectivity index (χ1v) is 12.4. The van der Waals surface area contributed by atoms with Gasteiger partial charge >= 0.3 is 0 Å². The molecular formula is C24H18N6O2S2. The van der Waals surface area contributed by atoms with Gasteiger partial charge in [-0.05, 0) is 49.1 Å². The van der Waals surface area contributed by atoms with Gasteiger partial charge in [0.25, 0.3) is 11.1 Å². The molecule has 2 aromatic carbocycles. The zero-order valence-electron chi connectivity index (χ0n) is 18.3. The maximum Gasteiger partial charge on any atom is 0.268 e. The molecule has 0 aliphatic rings. The standard InChI is InChI=1S/C24H18N6O2S2/c1-13-7-8-17(14(2)11-13)29-22(32)15-5-3-4-6-18(15)30-23(29)27-28-24(30)34-12-19-25-16-9-10-33-20(16)21(31)26-19/h3-11H,12H2,1-2H3,(H,25,26,31). The highest BCUT2D eigenvalue weighted by Crippen LogP contribution is 2.26. The third-order valence-corrected chi connectivity index (χ3v) is 7.53. The summed E-state index contributed by atoms with van der Waals surface area (Å²) in [6.45, 7) is 4.00. The number of hydrogen-bond donors (Lipinski definition) is 1. The Morgan fingerprint density at radius 1 is 1.06 bits per heavy atom. The molecule has 4 aromatic heterocycles. The summed E-state index contributed by atoms with van der Waals surface area (Å²) in [6.07, 6.45) is 0. The molecule has 8 nitrogen and oxygen atoms in total. The SMILES string of the molecule is Cc1ccc(-n2c(=O)c3ccccc3n3c(SCc4nc5ccsc5c(=O)[nH]4)nnc23)c(C)c1. The molecule has 0 bridgehead atoms. The Morgan fingerprint density at radius 3 is 2.76 bits per heavy atom. The highest BCUT2D eigenvalue weighted by molar-refractivity contribution is 7.98. The fraction of sp³-hybridized carbons (Fsp3) is 0.125. The number of aromatic amines is 1. The molecule has 0 unspecified atom stereocenters. The van der Waals surface area contributed by atoms with Crippen LogP contribution in [0.5, 0.6) is 0 Å². The first-order valence-electron chi connectivity index (χ1n) is 10.6. The minimum atomic E-state index is -0.145. The summed E-state index contributed by atoms with van der Waals surface area (Å²) in [5.74, 6) is 1.40. The maximum absolute atomic E-state index is 13.5. The van der Waals surface area contributed by atoms with Crippen molar-refractivity contribution in [3.05, 3.63) is 91.6 Å². The van der Waals surface area contributed by atoms with E-state index in [0.717, 1.165) is 22.3 Å². The minimum Gasteiger partial charge on any atom is -0.309 e. The van der Waals surface area contributed by atoms with Gasteiger partial charge in [-0.1, -0.05) is 41.6 Å². The number of para-hydroxylation sites is 1. The Labute approximate surface area is 200 Å². The number of rotatable bonds is 4. The second-order valence-electron chi connectivity index (χ2n) is 8.00. The van der Waals surface area contributed by atoms with Gasteiger partial charge in [0.05, 0.1) is 27.9 Å². The van der Waals surface area contributed by atoms with Crippen molar-refractivity contribution in [2.24, 2.45) is 0 Å². The van der Waals surface area contributed by atoms with Crippen LogP contribution in [0.25, 0.3) is 32.6 Å². The Kier molecular flexibility index (Phi) is 4.85. The molecule has 0 saturated heterocycles. The zero-order chi connectivity index (χ0) is 23.4. The molecule has 6 rings (SSSR count). The van der Waals surface area contributed by atoms with Crippen molar-refractivity contribution in [1.29, 1.82) is 0 Å². The summed E-state index contributed by atoms with van der Waals surface area (Å²) in [6, 6.07) is 15.2. The van der Waals surface area contributed by atoms with Crippen molar-refractivity contribution < 1.29 is 0 Å². The van der Waals surface area contributed by atoms with Gasteiger partial charge < -0.3 is 4.98 Å². The van der Waals surface area contributed by atoms with Crippen LogP contribution in [-0.2, 0) is 5.75 Å². The summed E-state index contributed by atoms with van der Waals surface area (Å²) in [5.41, 5.74) is 3.98. The molecule has 0 aliphatic carbocycles. The summed E-state index contributed by atoms with van der Waals surface area (Å²) in [5, 5.41) is 11.9. The van der Waals surface area contributed by atoms with E-state index in [2.05, 4.69) is 20.2 Å². The molecule has 0 spiro atoms. The lowest BCUT2D eigenvalue weighted by atomic mass is 10.1. The Hall–Kier alpha value is -3.76. The minimum absolute atomic E-state index is 0.143.